The molecule has 1 atom stereocenters. The van der Waals surface area contributed by atoms with Crippen LogP contribution in [0.1, 0.15) is 64.0 Å². The van der Waals surface area contributed by atoms with Gasteiger partial charge in [0.15, 0.2) is 0 Å². The lowest BCUT2D eigenvalue weighted by molar-refractivity contribution is 0.110. The number of unbranched alkanes of at least 4 members (excludes halogenated alkanes) is 4. The highest BCUT2D eigenvalue weighted by Crippen LogP contribution is 2.18. The Kier molecular flexibility index (Phi) is 9.98. The van der Waals surface area contributed by atoms with E-state index in [2.05, 4.69) is 34.7 Å². The third kappa shape index (κ3) is 7.98. The summed E-state index contributed by atoms with van der Waals surface area (Å²) < 4.78 is 1.06. The molecule has 0 saturated heterocycles. The molecule has 3 heteroatoms. The second-order valence-electron chi connectivity index (χ2n) is 5.78. The van der Waals surface area contributed by atoms with E-state index in [9.17, 15) is 5.11 Å². The van der Waals surface area contributed by atoms with Crippen LogP contribution in [0.3, 0.4) is 0 Å². The van der Waals surface area contributed by atoms with Crippen molar-refractivity contribution in [2.75, 3.05) is 19.6 Å². The van der Waals surface area contributed by atoms with Crippen molar-refractivity contribution >= 4 is 15.9 Å². The fourth-order valence-corrected chi connectivity index (χ4v) is 2.76. The number of hydrogen-bond donors (Lipinski definition) is 1. The van der Waals surface area contributed by atoms with Gasteiger partial charge < -0.3 is 10.0 Å². The Balaban J connectivity index is 2.49. The van der Waals surface area contributed by atoms with E-state index in [1.165, 1.54) is 38.5 Å². The zero-order valence-electron chi connectivity index (χ0n) is 13.5. The lowest BCUT2D eigenvalue weighted by Gasteiger charge is -2.25. The van der Waals surface area contributed by atoms with Gasteiger partial charge in [0.05, 0.1) is 6.10 Å². The molecule has 0 saturated carbocycles. The van der Waals surface area contributed by atoms with Gasteiger partial charge in [-0.05, 0) is 43.6 Å². The van der Waals surface area contributed by atoms with Crippen molar-refractivity contribution in [1.82, 2.24) is 4.90 Å². The first-order valence-electron chi connectivity index (χ1n) is 8.33. The predicted octanol–water partition coefficient (Wildman–Crippen LogP) is 5.16. The Morgan fingerprint density at radius 3 is 1.95 bits per heavy atom. The first kappa shape index (κ1) is 18.7. The fraction of sp³-hybridized carbons (Fsp3) is 0.667. The molecule has 21 heavy (non-hydrogen) atoms. The molecule has 120 valence electrons. The summed E-state index contributed by atoms with van der Waals surface area (Å²) in [7, 11) is 0. The fourth-order valence-electron chi connectivity index (χ4n) is 2.50. The minimum absolute atomic E-state index is 0.388. The van der Waals surface area contributed by atoms with Crippen molar-refractivity contribution in [3.63, 3.8) is 0 Å². The molecule has 0 aliphatic carbocycles. The summed E-state index contributed by atoms with van der Waals surface area (Å²) in [5.74, 6) is 0. The SMILES string of the molecule is CCCCCN(CCCCC)CC(O)c1ccc(Br)cc1. The maximum atomic E-state index is 10.4. The molecule has 0 fully saturated rings. The second kappa shape index (κ2) is 11.2. The van der Waals surface area contributed by atoms with E-state index in [1.54, 1.807) is 0 Å². The predicted molar refractivity (Wildman–Crippen MR) is 94.6 cm³/mol. The summed E-state index contributed by atoms with van der Waals surface area (Å²) in [6.45, 7) is 7.42. The molecule has 0 aliphatic heterocycles. The average Bonchev–Trinajstić information content (AvgIpc) is 2.48. The van der Waals surface area contributed by atoms with Gasteiger partial charge >= 0.3 is 0 Å². The summed E-state index contributed by atoms with van der Waals surface area (Å²) in [6, 6.07) is 8.00. The molecular weight excluding hydrogens is 326 g/mol. The Hall–Kier alpha value is -0.380. The largest absolute Gasteiger partial charge is 0.387 e. The Labute approximate surface area is 138 Å². The van der Waals surface area contributed by atoms with Crippen molar-refractivity contribution in [1.29, 1.82) is 0 Å². The van der Waals surface area contributed by atoms with E-state index in [1.807, 2.05) is 24.3 Å². The average molecular weight is 356 g/mol. The second-order valence-corrected chi connectivity index (χ2v) is 6.70. The van der Waals surface area contributed by atoms with Gasteiger partial charge in [0.25, 0.3) is 0 Å². The van der Waals surface area contributed by atoms with Crippen molar-refractivity contribution in [3.8, 4) is 0 Å². The molecule has 2 nitrogen and oxygen atoms in total. The lowest BCUT2D eigenvalue weighted by atomic mass is 10.1. The number of aliphatic hydroxyl groups excluding tert-OH is 1. The molecule has 0 aromatic heterocycles. The topological polar surface area (TPSA) is 23.5 Å². The molecule has 0 amide bonds. The standard InChI is InChI=1S/C18H30BrNO/c1-3-5-7-13-20(14-8-6-4-2)15-18(21)16-9-11-17(19)12-10-16/h9-12,18,21H,3-8,13-15H2,1-2H3. The van der Waals surface area contributed by atoms with Crippen molar-refractivity contribution in [2.24, 2.45) is 0 Å². The van der Waals surface area contributed by atoms with Crippen LogP contribution >= 0.6 is 15.9 Å². The van der Waals surface area contributed by atoms with Crippen molar-refractivity contribution in [2.45, 2.75) is 58.5 Å². The van der Waals surface area contributed by atoms with Crippen LogP contribution in [-0.2, 0) is 0 Å². The van der Waals surface area contributed by atoms with E-state index in [0.29, 0.717) is 0 Å². The van der Waals surface area contributed by atoms with Gasteiger partial charge in [0.2, 0.25) is 0 Å². The molecule has 0 spiro atoms. The maximum absolute atomic E-state index is 10.4. The highest BCUT2D eigenvalue weighted by atomic mass is 79.9. The summed E-state index contributed by atoms with van der Waals surface area (Å²) in [4.78, 5) is 2.43. The first-order valence-corrected chi connectivity index (χ1v) is 9.12. The summed E-state index contributed by atoms with van der Waals surface area (Å²) in [5.41, 5.74) is 1.01. The van der Waals surface area contributed by atoms with Crippen LogP contribution in [0.25, 0.3) is 0 Å². The number of hydrogen-bond acceptors (Lipinski definition) is 2. The Morgan fingerprint density at radius 1 is 0.952 bits per heavy atom. The highest BCUT2D eigenvalue weighted by Gasteiger charge is 2.13. The number of nitrogens with zero attached hydrogens (tertiary/aromatic N) is 1. The summed E-state index contributed by atoms with van der Waals surface area (Å²) in [5, 5.41) is 10.4. The molecule has 0 aliphatic rings. The van der Waals surface area contributed by atoms with Crippen LogP contribution in [0, 0.1) is 0 Å². The van der Waals surface area contributed by atoms with Crippen LogP contribution in [0.4, 0.5) is 0 Å². The Morgan fingerprint density at radius 2 is 1.48 bits per heavy atom. The van der Waals surface area contributed by atoms with E-state index < -0.39 is 0 Å². The maximum Gasteiger partial charge on any atom is 0.0916 e. The van der Waals surface area contributed by atoms with Gasteiger partial charge in [-0.25, -0.2) is 0 Å². The molecule has 0 heterocycles. The normalized spacial score (nSPS) is 12.8. The van der Waals surface area contributed by atoms with E-state index in [4.69, 9.17) is 0 Å². The summed E-state index contributed by atoms with van der Waals surface area (Å²) in [6.07, 6.45) is 7.13. The molecule has 1 unspecified atom stereocenters. The number of halogens is 1. The van der Waals surface area contributed by atoms with Crippen molar-refractivity contribution in [3.05, 3.63) is 34.3 Å². The van der Waals surface area contributed by atoms with Crippen LogP contribution in [0.5, 0.6) is 0 Å². The van der Waals surface area contributed by atoms with Gasteiger partial charge in [0.1, 0.15) is 0 Å². The minimum atomic E-state index is -0.388. The highest BCUT2D eigenvalue weighted by molar-refractivity contribution is 9.10. The van der Waals surface area contributed by atoms with Gasteiger partial charge in [-0.2, -0.15) is 0 Å². The zero-order valence-corrected chi connectivity index (χ0v) is 15.1. The van der Waals surface area contributed by atoms with E-state index in [-0.39, 0.29) is 6.10 Å². The van der Waals surface area contributed by atoms with Gasteiger partial charge in [-0.3, -0.25) is 0 Å². The quantitative estimate of drug-likeness (QED) is 0.553. The smallest absolute Gasteiger partial charge is 0.0916 e. The monoisotopic (exact) mass is 355 g/mol. The first-order chi connectivity index (χ1) is 10.2. The molecule has 1 aromatic rings. The molecule has 0 radical (unpaired) electrons. The lowest BCUT2D eigenvalue weighted by Crippen LogP contribution is -2.30. The molecule has 1 aromatic carbocycles. The van der Waals surface area contributed by atoms with E-state index >= 15 is 0 Å². The van der Waals surface area contributed by atoms with Gasteiger partial charge in [0, 0.05) is 11.0 Å². The van der Waals surface area contributed by atoms with Crippen molar-refractivity contribution < 1.29 is 5.11 Å². The molecule has 1 N–H and O–H groups in total. The Bertz CT molecular complexity index is 356. The van der Waals surface area contributed by atoms with Crippen LogP contribution < -0.4 is 0 Å². The van der Waals surface area contributed by atoms with Gasteiger partial charge in [-0.15, -0.1) is 0 Å². The number of benzene rings is 1. The number of aliphatic hydroxyl groups is 1. The third-order valence-electron chi connectivity index (χ3n) is 3.84. The van der Waals surface area contributed by atoms with E-state index in [0.717, 1.165) is 29.7 Å². The zero-order chi connectivity index (χ0) is 15.5. The third-order valence-corrected chi connectivity index (χ3v) is 4.37. The van der Waals surface area contributed by atoms with Crippen LogP contribution in [0.15, 0.2) is 28.7 Å². The summed E-state index contributed by atoms with van der Waals surface area (Å²) >= 11 is 3.44. The molecule has 1 rings (SSSR count). The van der Waals surface area contributed by atoms with Gasteiger partial charge in [-0.1, -0.05) is 67.6 Å². The van der Waals surface area contributed by atoms with Crippen LogP contribution in [-0.4, -0.2) is 29.6 Å². The molecular formula is C18H30BrNO. The molecule has 0 bridgehead atoms. The van der Waals surface area contributed by atoms with Crippen LogP contribution in [0.2, 0.25) is 0 Å². The minimum Gasteiger partial charge on any atom is -0.387 e. The number of rotatable bonds is 11.